The van der Waals surface area contributed by atoms with Crippen LogP contribution in [0.2, 0.25) is 0 Å². The van der Waals surface area contributed by atoms with Gasteiger partial charge in [0.2, 0.25) is 0 Å². The van der Waals surface area contributed by atoms with Crippen LogP contribution in [0.15, 0.2) is 59.1 Å². The van der Waals surface area contributed by atoms with Crippen LogP contribution < -0.4 is 0 Å². The average molecular weight is 476 g/mol. The van der Waals surface area contributed by atoms with Crippen molar-refractivity contribution in [3.63, 3.8) is 0 Å². The summed E-state index contributed by atoms with van der Waals surface area (Å²) in [6.07, 6.45) is 0. The van der Waals surface area contributed by atoms with Gasteiger partial charge in [-0.05, 0) is 30.2 Å². The lowest BCUT2D eigenvalue weighted by Gasteiger charge is -2.43. The SMILES string of the molecule is C[C@@H]1CN([C@H](c2ccccc2)c2cccc(Br)c2)CCN1CC(=O)O.Cl.Cl. The highest BCUT2D eigenvalue weighted by atomic mass is 79.9. The minimum atomic E-state index is -0.758. The zero-order chi connectivity index (χ0) is 17.8. The van der Waals surface area contributed by atoms with Gasteiger partial charge >= 0.3 is 5.97 Å². The van der Waals surface area contributed by atoms with E-state index in [0.717, 1.165) is 24.1 Å². The second-order valence-corrected chi connectivity index (χ2v) is 7.49. The molecule has 1 aliphatic heterocycles. The molecule has 1 aliphatic rings. The van der Waals surface area contributed by atoms with Crippen LogP contribution in [-0.4, -0.2) is 53.1 Å². The van der Waals surface area contributed by atoms with E-state index in [-0.39, 0.29) is 43.4 Å². The van der Waals surface area contributed by atoms with Gasteiger partial charge in [-0.3, -0.25) is 14.6 Å². The summed E-state index contributed by atoms with van der Waals surface area (Å²) in [6, 6.07) is 19.3. The van der Waals surface area contributed by atoms with Crippen molar-refractivity contribution in [1.82, 2.24) is 9.80 Å². The molecule has 0 aromatic heterocycles. The van der Waals surface area contributed by atoms with Crippen LogP contribution in [0, 0.1) is 0 Å². The van der Waals surface area contributed by atoms with Crippen molar-refractivity contribution in [1.29, 1.82) is 0 Å². The molecule has 1 fully saturated rings. The lowest BCUT2D eigenvalue weighted by molar-refractivity contribution is -0.139. The second kappa shape index (κ2) is 11.0. The second-order valence-electron chi connectivity index (χ2n) is 6.58. The van der Waals surface area contributed by atoms with Gasteiger partial charge in [0.1, 0.15) is 0 Å². The van der Waals surface area contributed by atoms with Gasteiger partial charge in [0, 0.05) is 30.1 Å². The first-order valence-corrected chi connectivity index (χ1v) is 9.34. The van der Waals surface area contributed by atoms with Crippen molar-refractivity contribution >= 4 is 46.7 Å². The molecular weight excluding hydrogens is 451 g/mol. The molecule has 0 amide bonds. The van der Waals surface area contributed by atoms with Crippen LogP contribution in [-0.2, 0) is 4.79 Å². The molecule has 148 valence electrons. The number of carbonyl (C=O) groups is 1. The topological polar surface area (TPSA) is 43.8 Å². The molecule has 2 atom stereocenters. The zero-order valence-electron chi connectivity index (χ0n) is 15.1. The molecule has 0 saturated carbocycles. The highest BCUT2D eigenvalue weighted by Crippen LogP contribution is 2.31. The molecule has 0 spiro atoms. The highest BCUT2D eigenvalue weighted by Gasteiger charge is 2.30. The van der Waals surface area contributed by atoms with Gasteiger partial charge in [0.25, 0.3) is 0 Å². The summed E-state index contributed by atoms with van der Waals surface area (Å²) in [4.78, 5) is 15.6. The molecule has 1 saturated heterocycles. The standard InChI is InChI=1S/C20H23BrN2O2.2ClH/c1-15-13-23(11-10-22(15)14-19(24)25)20(16-6-3-2-4-7-16)17-8-5-9-18(21)12-17;;/h2-9,12,15,20H,10-11,13-14H2,1H3,(H,24,25);2*1H/t15-,20-;;/m1../s1. The van der Waals surface area contributed by atoms with E-state index in [1.807, 2.05) is 17.0 Å². The molecule has 1 heterocycles. The van der Waals surface area contributed by atoms with Crippen LogP contribution >= 0.6 is 40.7 Å². The van der Waals surface area contributed by atoms with Crippen LogP contribution in [0.1, 0.15) is 24.1 Å². The Morgan fingerprint density at radius 3 is 2.37 bits per heavy atom. The molecule has 7 heteroatoms. The summed E-state index contributed by atoms with van der Waals surface area (Å²) in [5.41, 5.74) is 2.51. The van der Waals surface area contributed by atoms with E-state index in [1.165, 1.54) is 11.1 Å². The number of aliphatic carboxylic acids is 1. The van der Waals surface area contributed by atoms with E-state index >= 15 is 0 Å². The molecule has 0 bridgehead atoms. The highest BCUT2D eigenvalue weighted by molar-refractivity contribution is 9.10. The van der Waals surface area contributed by atoms with E-state index in [0.29, 0.717) is 0 Å². The minimum Gasteiger partial charge on any atom is -0.480 e. The number of piperazine rings is 1. The fourth-order valence-corrected chi connectivity index (χ4v) is 4.01. The van der Waals surface area contributed by atoms with Crippen molar-refractivity contribution in [2.45, 2.75) is 19.0 Å². The third kappa shape index (κ3) is 6.19. The Kier molecular flexibility index (Phi) is 9.77. The number of carboxylic acid groups (broad SMARTS) is 1. The number of hydrogen-bond acceptors (Lipinski definition) is 3. The Hall–Kier alpha value is -1.11. The quantitative estimate of drug-likeness (QED) is 0.692. The molecule has 2 aromatic rings. The van der Waals surface area contributed by atoms with Gasteiger partial charge in [-0.25, -0.2) is 0 Å². The molecule has 0 radical (unpaired) electrons. The number of hydrogen-bond donors (Lipinski definition) is 1. The monoisotopic (exact) mass is 474 g/mol. The van der Waals surface area contributed by atoms with E-state index in [4.69, 9.17) is 5.11 Å². The first-order valence-electron chi connectivity index (χ1n) is 8.55. The first kappa shape index (κ1) is 23.9. The van der Waals surface area contributed by atoms with Gasteiger partial charge in [-0.15, -0.1) is 24.8 Å². The fraction of sp³-hybridized carbons (Fsp3) is 0.350. The van der Waals surface area contributed by atoms with Crippen molar-refractivity contribution in [3.05, 3.63) is 70.2 Å². The van der Waals surface area contributed by atoms with Gasteiger partial charge in [-0.2, -0.15) is 0 Å². The molecule has 0 unspecified atom stereocenters. The van der Waals surface area contributed by atoms with Crippen LogP contribution in [0.25, 0.3) is 0 Å². The van der Waals surface area contributed by atoms with Gasteiger partial charge < -0.3 is 5.11 Å². The summed E-state index contributed by atoms with van der Waals surface area (Å²) in [5.74, 6) is -0.758. The summed E-state index contributed by atoms with van der Waals surface area (Å²) < 4.78 is 1.07. The smallest absolute Gasteiger partial charge is 0.317 e. The summed E-state index contributed by atoms with van der Waals surface area (Å²) in [5, 5.41) is 9.08. The Morgan fingerprint density at radius 2 is 1.78 bits per heavy atom. The zero-order valence-corrected chi connectivity index (χ0v) is 18.3. The lowest BCUT2D eigenvalue weighted by atomic mass is 9.95. The molecule has 0 aliphatic carbocycles. The third-order valence-corrected chi connectivity index (χ3v) is 5.27. The number of nitrogens with zero attached hydrogens (tertiary/aromatic N) is 2. The summed E-state index contributed by atoms with van der Waals surface area (Å²) in [7, 11) is 0. The molecule has 1 N–H and O–H groups in total. The van der Waals surface area contributed by atoms with Crippen LogP contribution in [0.3, 0.4) is 0 Å². The maximum atomic E-state index is 11.0. The number of benzene rings is 2. The maximum Gasteiger partial charge on any atom is 0.317 e. The first-order chi connectivity index (χ1) is 12.0. The van der Waals surface area contributed by atoms with Gasteiger partial charge in [0.05, 0.1) is 12.6 Å². The molecular formula is C20H25BrCl2N2O2. The number of rotatable bonds is 5. The molecule has 27 heavy (non-hydrogen) atoms. The van der Waals surface area contributed by atoms with E-state index in [1.54, 1.807) is 0 Å². The van der Waals surface area contributed by atoms with E-state index in [2.05, 4.69) is 70.2 Å². The lowest BCUT2D eigenvalue weighted by Crippen LogP contribution is -2.54. The largest absolute Gasteiger partial charge is 0.480 e. The summed E-state index contributed by atoms with van der Waals surface area (Å²) >= 11 is 3.58. The maximum absolute atomic E-state index is 11.0. The van der Waals surface area contributed by atoms with E-state index in [9.17, 15) is 4.79 Å². The van der Waals surface area contributed by atoms with Crippen molar-refractivity contribution in [2.24, 2.45) is 0 Å². The Labute approximate surface area is 181 Å². The predicted octanol–water partition coefficient (Wildman–Crippen LogP) is 4.47. The normalized spacial score (nSPS) is 18.8. The average Bonchev–Trinajstić information content (AvgIpc) is 2.58. The Morgan fingerprint density at radius 1 is 1.11 bits per heavy atom. The van der Waals surface area contributed by atoms with Crippen LogP contribution in [0.4, 0.5) is 0 Å². The van der Waals surface area contributed by atoms with Crippen molar-refractivity contribution in [3.8, 4) is 0 Å². The molecule has 4 nitrogen and oxygen atoms in total. The summed E-state index contributed by atoms with van der Waals surface area (Å²) in [6.45, 7) is 4.69. The predicted molar refractivity (Wildman–Crippen MR) is 117 cm³/mol. The van der Waals surface area contributed by atoms with E-state index < -0.39 is 5.97 Å². The van der Waals surface area contributed by atoms with Gasteiger partial charge in [0.15, 0.2) is 0 Å². The van der Waals surface area contributed by atoms with Crippen molar-refractivity contribution < 1.29 is 9.90 Å². The van der Waals surface area contributed by atoms with Gasteiger partial charge in [-0.1, -0.05) is 58.4 Å². The number of carboxylic acids is 1. The third-order valence-electron chi connectivity index (χ3n) is 4.78. The number of halogens is 3. The molecule has 3 rings (SSSR count). The molecule has 2 aromatic carbocycles. The van der Waals surface area contributed by atoms with Crippen molar-refractivity contribution in [2.75, 3.05) is 26.2 Å². The fourth-order valence-electron chi connectivity index (χ4n) is 3.59. The van der Waals surface area contributed by atoms with Crippen LogP contribution in [0.5, 0.6) is 0 Å². The minimum absolute atomic E-state index is 0. The Bertz CT molecular complexity index is 733. The Balaban J connectivity index is 0.00000182.